The Bertz CT molecular complexity index is 531. The van der Waals surface area contributed by atoms with Crippen LogP contribution in [0.5, 0.6) is 0 Å². The fourth-order valence-electron chi connectivity index (χ4n) is 2.24. The molecule has 1 aliphatic heterocycles. The first-order valence-electron chi connectivity index (χ1n) is 6.47. The highest BCUT2D eigenvalue weighted by Gasteiger charge is 2.26. The molecule has 0 atom stereocenters. The second-order valence-electron chi connectivity index (χ2n) is 4.70. The van der Waals surface area contributed by atoms with Gasteiger partial charge in [-0.25, -0.2) is 18.4 Å². The van der Waals surface area contributed by atoms with E-state index in [-0.39, 0.29) is 5.75 Å². The zero-order valence-electron chi connectivity index (χ0n) is 11.6. The molecule has 106 valence electrons. The summed E-state index contributed by atoms with van der Waals surface area (Å²) in [4.78, 5) is 10.8. The average molecular weight is 284 g/mol. The van der Waals surface area contributed by atoms with Gasteiger partial charge in [-0.15, -0.1) is 0 Å². The fraction of sp³-hybridized carbons (Fsp3) is 0.667. The summed E-state index contributed by atoms with van der Waals surface area (Å²) in [5, 5.41) is 0. The van der Waals surface area contributed by atoms with Crippen molar-refractivity contribution in [2.75, 3.05) is 36.8 Å². The van der Waals surface area contributed by atoms with Crippen molar-refractivity contribution in [2.24, 2.45) is 0 Å². The molecule has 1 aromatic rings. The molecule has 0 aliphatic carbocycles. The van der Waals surface area contributed by atoms with E-state index in [9.17, 15) is 8.42 Å². The van der Waals surface area contributed by atoms with Crippen molar-refractivity contribution in [3.8, 4) is 0 Å². The number of aromatic nitrogens is 2. The number of sulfonamides is 1. The van der Waals surface area contributed by atoms with Gasteiger partial charge in [-0.1, -0.05) is 0 Å². The Morgan fingerprint density at radius 3 is 2.32 bits per heavy atom. The van der Waals surface area contributed by atoms with Crippen molar-refractivity contribution in [1.29, 1.82) is 0 Å². The van der Waals surface area contributed by atoms with E-state index in [4.69, 9.17) is 0 Å². The Kier molecular flexibility index (Phi) is 4.05. The van der Waals surface area contributed by atoms with Gasteiger partial charge in [0.05, 0.1) is 5.75 Å². The molecule has 1 saturated heterocycles. The van der Waals surface area contributed by atoms with Crippen LogP contribution in [-0.2, 0) is 10.0 Å². The third kappa shape index (κ3) is 3.22. The Balaban J connectivity index is 2.08. The summed E-state index contributed by atoms with van der Waals surface area (Å²) in [6, 6.07) is 1.94. The van der Waals surface area contributed by atoms with Crippen LogP contribution in [0.2, 0.25) is 0 Å². The SMILES string of the molecule is CCS(=O)(=O)N1CCN(c2cc(C)nc(C)n2)CC1. The van der Waals surface area contributed by atoms with E-state index in [1.165, 1.54) is 0 Å². The second kappa shape index (κ2) is 5.42. The Labute approximate surface area is 114 Å². The largest absolute Gasteiger partial charge is 0.354 e. The molecule has 19 heavy (non-hydrogen) atoms. The molecule has 7 heteroatoms. The third-order valence-corrected chi connectivity index (χ3v) is 5.15. The number of anilines is 1. The minimum absolute atomic E-state index is 0.165. The molecule has 1 fully saturated rings. The van der Waals surface area contributed by atoms with Crippen LogP contribution in [0.15, 0.2) is 6.07 Å². The molecule has 6 nitrogen and oxygen atoms in total. The molecule has 0 spiro atoms. The molecule has 0 bridgehead atoms. The number of rotatable bonds is 3. The van der Waals surface area contributed by atoms with Crippen molar-refractivity contribution in [1.82, 2.24) is 14.3 Å². The van der Waals surface area contributed by atoms with Crippen LogP contribution >= 0.6 is 0 Å². The lowest BCUT2D eigenvalue weighted by Gasteiger charge is -2.34. The van der Waals surface area contributed by atoms with E-state index in [1.54, 1.807) is 11.2 Å². The number of hydrogen-bond donors (Lipinski definition) is 0. The molecule has 2 heterocycles. The topological polar surface area (TPSA) is 66.4 Å². The molecule has 0 N–H and O–H groups in total. The first kappa shape index (κ1) is 14.2. The summed E-state index contributed by atoms with van der Waals surface area (Å²) >= 11 is 0. The molecular formula is C12H20N4O2S. The van der Waals surface area contributed by atoms with Gasteiger partial charge in [0, 0.05) is 37.9 Å². The van der Waals surface area contributed by atoms with Gasteiger partial charge in [0.2, 0.25) is 10.0 Å². The molecule has 0 unspecified atom stereocenters. The third-order valence-electron chi connectivity index (χ3n) is 3.27. The Hall–Kier alpha value is -1.21. The Morgan fingerprint density at radius 1 is 1.16 bits per heavy atom. The average Bonchev–Trinajstić information content (AvgIpc) is 2.38. The highest BCUT2D eigenvalue weighted by Crippen LogP contribution is 2.16. The van der Waals surface area contributed by atoms with Gasteiger partial charge in [0.25, 0.3) is 0 Å². The number of hydrogen-bond acceptors (Lipinski definition) is 5. The lowest BCUT2D eigenvalue weighted by molar-refractivity contribution is 0.384. The molecule has 0 saturated carbocycles. The van der Waals surface area contributed by atoms with Crippen molar-refractivity contribution in [3.63, 3.8) is 0 Å². The Morgan fingerprint density at radius 2 is 1.79 bits per heavy atom. The van der Waals surface area contributed by atoms with Gasteiger partial charge < -0.3 is 4.90 Å². The van der Waals surface area contributed by atoms with Gasteiger partial charge in [-0.05, 0) is 20.8 Å². The molecule has 0 amide bonds. The highest BCUT2D eigenvalue weighted by atomic mass is 32.2. The molecule has 1 aliphatic rings. The van der Waals surface area contributed by atoms with E-state index < -0.39 is 10.0 Å². The normalized spacial score (nSPS) is 17.7. The first-order valence-corrected chi connectivity index (χ1v) is 8.08. The summed E-state index contributed by atoms with van der Waals surface area (Å²) in [6.45, 7) is 7.89. The van der Waals surface area contributed by atoms with Crippen LogP contribution in [0.25, 0.3) is 0 Å². The maximum Gasteiger partial charge on any atom is 0.213 e. The minimum Gasteiger partial charge on any atom is -0.354 e. The van der Waals surface area contributed by atoms with Crippen LogP contribution in [0.1, 0.15) is 18.4 Å². The molecule has 2 rings (SSSR count). The van der Waals surface area contributed by atoms with Gasteiger partial charge in [-0.2, -0.15) is 4.31 Å². The number of aryl methyl sites for hydroxylation is 2. The van der Waals surface area contributed by atoms with Gasteiger partial charge in [0.1, 0.15) is 11.6 Å². The summed E-state index contributed by atoms with van der Waals surface area (Å²) in [7, 11) is -3.07. The van der Waals surface area contributed by atoms with Crippen LogP contribution < -0.4 is 4.90 Å². The maximum absolute atomic E-state index is 11.8. The second-order valence-corrected chi connectivity index (χ2v) is 6.96. The van der Waals surface area contributed by atoms with Gasteiger partial charge in [-0.3, -0.25) is 0 Å². The maximum atomic E-state index is 11.8. The van der Waals surface area contributed by atoms with Crippen LogP contribution in [0, 0.1) is 13.8 Å². The summed E-state index contributed by atoms with van der Waals surface area (Å²) in [5.41, 5.74) is 0.936. The zero-order valence-corrected chi connectivity index (χ0v) is 12.4. The molecular weight excluding hydrogens is 264 g/mol. The lowest BCUT2D eigenvalue weighted by atomic mass is 10.3. The van der Waals surface area contributed by atoms with E-state index >= 15 is 0 Å². The lowest BCUT2D eigenvalue weighted by Crippen LogP contribution is -2.49. The van der Waals surface area contributed by atoms with E-state index in [0.717, 1.165) is 17.3 Å². The minimum atomic E-state index is -3.07. The van der Waals surface area contributed by atoms with Crippen LogP contribution in [0.4, 0.5) is 5.82 Å². The van der Waals surface area contributed by atoms with Gasteiger partial charge in [0.15, 0.2) is 0 Å². The van der Waals surface area contributed by atoms with E-state index in [2.05, 4.69) is 14.9 Å². The van der Waals surface area contributed by atoms with E-state index in [1.807, 2.05) is 19.9 Å². The zero-order chi connectivity index (χ0) is 14.0. The number of nitrogens with zero attached hydrogens (tertiary/aromatic N) is 4. The molecule has 0 radical (unpaired) electrons. The molecule has 0 aromatic carbocycles. The quantitative estimate of drug-likeness (QED) is 0.811. The van der Waals surface area contributed by atoms with E-state index in [0.29, 0.717) is 26.2 Å². The smallest absolute Gasteiger partial charge is 0.213 e. The highest BCUT2D eigenvalue weighted by molar-refractivity contribution is 7.89. The summed E-state index contributed by atoms with van der Waals surface area (Å²) in [5.74, 6) is 1.80. The first-order chi connectivity index (χ1) is 8.92. The van der Waals surface area contributed by atoms with Crippen LogP contribution in [0.3, 0.4) is 0 Å². The number of piperazine rings is 1. The standard InChI is InChI=1S/C12H20N4O2S/c1-4-19(17,18)16-7-5-15(6-8-16)12-9-10(2)13-11(3)14-12/h9H,4-8H2,1-3H3. The fourth-order valence-corrected chi connectivity index (χ4v) is 3.32. The summed E-state index contributed by atoms with van der Waals surface area (Å²) in [6.07, 6.45) is 0. The summed E-state index contributed by atoms with van der Waals surface area (Å²) < 4.78 is 25.1. The van der Waals surface area contributed by atoms with Crippen molar-refractivity contribution in [3.05, 3.63) is 17.6 Å². The predicted octanol–water partition coefficient (Wildman–Crippen LogP) is 0.565. The predicted molar refractivity (Wildman–Crippen MR) is 74.8 cm³/mol. The van der Waals surface area contributed by atoms with Gasteiger partial charge >= 0.3 is 0 Å². The van der Waals surface area contributed by atoms with Crippen molar-refractivity contribution < 1.29 is 8.42 Å². The van der Waals surface area contributed by atoms with Crippen LogP contribution in [-0.4, -0.2) is 54.6 Å². The van der Waals surface area contributed by atoms with Crippen molar-refractivity contribution in [2.45, 2.75) is 20.8 Å². The van der Waals surface area contributed by atoms with Crippen molar-refractivity contribution >= 4 is 15.8 Å². The molecule has 1 aromatic heterocycles. The monoisotopic (exact) mass is 284 g/mol.